The largest absolute Gasteiger partial charge is 0.486 e. The van der Waals surface area contributed by atoms with Crippen LogP contribution in [0, 0.1) is 0 Å². The number of nitrogens with one attached hydrogen (secondary N) is 2. The van der Waals surface area contributed by atoms with Crippen LogP contribution in [0.15, 0.2) is 36.4 Å². The maximum absolute atomic E-state index is 12.4. The van der Waals surface area contributed by atoms with Crippen LogP contribution in [0.3, 0.4) is 0 Å². The molecule has 0 saturated carbocycles. The number of nitrogens with zero attached hydrogens (tertiary/aromatic N) is 1. The van der Waals surface area contributed by atoms with E-state index in [0.29, 0.717) is 29.7 Å². The quantitative estimate of drug-likeness (QED) is 0.736. The van der Waals surface area contributed by atoms with Crippen LogP contribution in [0.1, 0.15) is 24.4 Å². The van der Waals surface area contributed by atoms with Crippen molar-refractivity contribution in [2.75, 3.05) is 13.2 Å². The Morgan fingerprint density at radius 2 is 2.12 bits per heavy atom. The Kier molecular flexibility index (Phi) is 4.42. The molecule has 6 nitrogen and oxygen atoms in total. The van der Waals surface area contributed by atoms with Gasteiger partial charge in [0.25, 0.3) is 0 Å². The fraction of sp³-hybridized carbons (Fsp3) is 0.263. The molecule has 7 heteroatoms. The van der Waals surface area contributed by atoms with Gasteiger partial charge in [-0.15, -0.1) is 0 Å². The number of carbonyl (C=O) groups is 1. The molecule has 0 fully saturated rings. The average molecular weight is 372 g/mol. The summed E-state index contributed by atoms with van der Waals surface area (Å²) in [5.41, 5.74) is 2.60. The SMILES string of the molecule is CC(NC(=O)Cc1cc(Cl)c2c(c1)OCCO2)c1nc2ccccc2[nH]1. The lowest BCUT2D eigenvalue weighted by atomic mass is 10.1. The molecule has 0 bridgehead atoms. The van der Waals surface area contributed by atoms with E-state index in [1.807, 2.05) is 31.2 Å². The zero-order chi connectivity index (χ0) is 18.1. The molecule has 1 aromatic heterocycles. The summed E-state index contributed by atoms with van der Waals surface area (Å²) in [6.45, 7) is 2.84. The number of aromatic nitrogens is 2. The molecule has 0 spiro atoms. The van der Waals surface area contributed by atoms with E-state index in [1.165, 1.54) is 0 Å². The van der Waals surface area contributed by atoms with Gasteiger partial charge in [-0.05, 0) is 36.8 Å². The highest BCUT2D eigenvalue weighted by Crippen LogP contribution is 2.38. The van der Waals surface area contributed by atoms with Gasteiger partial charge < -0.3 is 19.8 Å². The van der Waals surface area contributed by atoms with E-state index < -0.39 is 0 Å². The highest BCUT2D eigenvalue weighted by Gasteiger charge is 2.19. The molecule has 1 aliphatic heterocycles. The van der Waals surface area contributed by atoms with E-state index >= 15 is 0 Å². The predicted molar refractivity (Wildman–Crippen MR) is 98.8 cm³/mol. The molecule has 26 heavy (non-hydrogen) atoms. The van der Waals surface area contributed by atoms with E-state index in [4.69, 9.17) is 21.1 Å². The molecule has 1 aliphatic rings. The number of hydrogen-bond donors (Lipinski definition) is 2. The number of para-hydroxylation sites is 2. The summed E-state index contributed by atoms with van der Waals surface area (Å²) < 4.78 is 11.0. The Morgan fingerprint density at radius 1 is 1.31 bits per heavy atom. The van der Waals surface area contributed by atoms with Crippen LogP contribution in [-0.4, -0.2) is 29.1 Å². The van der Waals surface area contributed by atoms with Crippen LogP contribution in [0.5, 0.6) is 11.5 Å². The van der Waals surface area contributed by atoms with Gasteiger partial charge in [-0.3, -0.25) is 4.79 Å². The zero-order valence-corrected chi connectivity index (χ0v) is 15.0. The number of carbonyl (C=O) groups excluding carboxylic acids is 1. The summed E-state index contributed by atoms with van der Waals surface area (Å²) in [7, 11) is 0. The fourth-order valence-corrected chi connectivity index (χ4v) is 3.28. The number of halogens is 1. The first kappa shape index (κ1) is 16.7. The zero-order valence-electron chi connectivity index (χ0n) is 14.2. The van der Waals surface area contributed by atoms with Gasteiger partial charge in [0.2, 0.25) is 5.91 Å². The number of ether oxygens (including phenoxy) is 2. The van der Waals surface area contributed by atoms with E-state index in [1.54, 1.807) is 12.1 Å². The lowest BCUT2D eigenvalue weighted by molar-refractivity contribution is -0.121. The number of rotatable bonds is 4. The highest BCUT2D eigenvalue weighted by atomic mass is 35.5. The number of hydrogen-bond acceptors (Lipinski definition) is 4. The molecule has 134 valence electrons. The van der Waals surface area contributed by atoms with Crippen LogP contribution in [0.25, 0.3) is 11.0 Å². The van der Waals surface area contributed by atoms with Gasteiger partial charge in [-0.1, -0.05) is 23.7 Å². The third-order valence-corrected chi connectivity index (χ3v) is 4.50. The molecule has 2 aromatic carbocycles. The number of H-pyrrole nitrogens is 1. The lowest BCUT2D eigenvalue weighted by Gasteiger charge is -2.20. The molecular weight excluding hydrogens is 354 g/mol. The second kappa shape index (κ2) is 6.88. The van der Waals surface area contributed by atoms with Crippen molar-refractivity contribution >= 4 is 28.5 Å². The Morgan fingerprint density at radius 3 is 2.96 bits per heavy atom. The van der Waals surface area contributed by atoms with E-state index in [-0.39, 0.29) is 18.4 Å². The van der Waals surface area contributed by atoms with Gasteiger partial charge in [-0.25, -0.2) is 4.98 Å². The molecule has 4 rings (SSSR count). The summed E-state index contributed by atoms with van der Waals surface area (Å²) in [6.07, 6.45) is 0.195. The minimum absolute atomic E-state index is 0.120. The van der Waals surface area contributed by atoms with Crippen LogP contribution in [-0.2, 0) is 11.2 Å². The third kappa shape index (κ3) is 3.32. The molecule has 1 unspecified atom stereocenters. The third-order valence-electron chi connectivity index (χ3n) is 4.22. The van der Waals surface area contributed by atoms with Crippen molar-refractivity contribution in [2.24, 2.45) is 0 Å². The second-order valence-corrected chi connectivity index (χ2v) is 6.61. The standard InChI is InChI=1S/C19H18ClN3O3/c1-11(19-22-14-4-2-3-5-15(14)23-19)21-17(24)10-12-8-13(20)18-16(9-12)25-6-7-26-18/h2-5,8-9,11H,6-7,10H2,1H3,(H,21,24)(H,22,23). The first-order valence-electron chi connectivity index (χ1n) is 8.42. The molecule has 1 atom stereocenters. The van der Waals surface area contributed by atoms with Gasteiger partial charge >= 0.3 is 0 Å². The molecule has 2 heterocycles. The summed E-state index contributed by atoms with van der Waals surface area (Å²) in [5.74, 6) is 1.72. The molecule has 1 amide bonds. The van der Waals surface area contributed by atoms with Crippen molar-refractivity contribution in [1.29, 1.82) is 0 Å². The number of benzene rings is 2. The van der Waals surface area contributed by atoms with Crippen LogP contribution < -0.4 is 14.8 Å². The topological polar surface area (TPSA) is 76.2 Å². The highest BCUT2D eigenvalue weighted by molar-refractivity contribution is 6.32. The fourth-order valence-electron chi connectivity index (χ4n) is 2.99. The minimum atomic E-state index is -0.234. The molecule has 0 aliphatic carbocycles. The molecule has 3 aromatic rings. The monoisotopic (exact) mass is 371 g/mol. The van der Waals surface area contributed by atoms with E-state index in [0.717, 1.165) is 22.4 Å². The Hall–Kier alpha value is -2.73. The van der Waals surface area contributed by atoms with Crippen molar-refractivity contribution in [1.82, 2.24) is 15.3 Å². The second-order valence-electron chi connectivity index (χ2n) is 6.21. The number of fused-ring (bicyclic) bond motifs is 2. The van der Waals surface area contributed by atoms with E-state index in [2.05, 4.69) is 15.3 Å². The molecule has 2 N–H and O–H groups in total. The smallest absolute Gasteiger partial charge is 0.225 e. The predicted octanol–water partition coefficient (Wildman–Crippen LogP) is 3.41. The van der Waals surface area contributed by atoms with Gasteiger partial charge in [0.1, 0.15) is 19.0 Å². The van der Waals surface area contributed by atoms with Gasteiger partial charge in [0.05, 0.1) is 28.5 Å². The van der Waals surface area contributed by atoms with E-state index in [9.17, 15) is 4.79 Å². The first-order chi connectivity index (χ1) is 12.6. The summed E-state index contributed by atoms with van der Waals surface area (Å²) in [5, 5.41) is 3.41. The van der Waals surface area contributed by atoms with Crippen molar-refractivity contribution in [3.8, 4) is 11.5 Å². The summed E-state index contributed by atoms with van der Waals surface area (Å²) >= 11 is 6.23. The summed E-state index contributed by atoms with van der Waals surface area (Å²) in [6, 6.07) is 11.1. The van der Waals surface area contributed by atoms with Crippen molar-refractivity contribution in [2.45, 2.75) is 19.4 Å². The number of aromatic amines is 1. The van der Waals surface area contributed by atoms with Gasteiger partial charge in [-0.2, -0.15) is 0 Å². The molecule has 0 saturated heterocycles. The van der Waals surface area contributed by atoms with Crippen molar-refractivity contribution in [3.63, 3.8) is 0 Å². The average Bonchev–Trinajstić information content (AvgIpc) is 3.06. The normalized spacial score (nSPS) is 14.2. The van der Waals surface area contributed by atoms with Crippen LogP contribution >= 0.6 is 11.6 Å². The Balaban J connectivity index is 1.46. The van der Waals surface area contributed by atoms with Crippen LogP contribution in [0.2, 0.25) is 5.02 Å². The van der Waals surface area contributed by atoms with Crippen LogP contribution in [0.4, 0.5) is 0 Å². The van der Waals surface area contributed by atoms with Crippen molar-refractivity contribution in [3.05, 3.63) is 52.8 Å². The Bertz CT molecular complexity index is 937. The maximum Gasteiger partial charge on any atom is 0.225 e. The number of imidazole rings is 1. The first-order valence-corrected chi connectivity index (χ1v) is 8.80. The molecular formula is C19H18ClN3O3. The van der Waals surface area contributed by atoms with Crippen molar-refractivity contribution < 1.29 is 14.3 Å². The van der Waals surface area contributed by atoms with Gasteiger partial charge in [0, 0.05) is 0 Å². The summed E-state index contributed by atoms with van der Waals surface area (Å²) in [4.78, 5) is 20.2. The minimum Gasteiger partial charge on any atom is -0.486 e. The lowest BCUT2D eigenvalue weighted by Crippen LogP contribution is -2.28. The Labute approximate surface area is 155 Å². The number of amides is 1. The van der Waals surface area contributed by atoms with Gasteiger partial charge in [0.15, 0.2) is 11.5 Å². The maximum atomic E-state index is 12.4. The molecule has 0 radical (unpaired) electrons.